The number of non-ortho nitro benzene ring substituents is 1. The number of ether oxygens (including phenoxy) is 2. The van der Waals surface area contributed by atoms with Gasteiger partial charge in [-0.1, -0.05) is 6.07 Å². The molecule has 12 nitrogen and oxygen atoms in total. The predicted molar refractivity (Wildman–Crippen MR) is 162 cm³/mol. The summed E-state index contributed by atoms with van der Waals surface area (Å²) < 4.78 is 41.5. The van der Waals surface area contributed by atoms with Crippen LogP contribution in [0.5, 0.6) is 5.75 Å². The van der Waals surface area contributed by atoms with E-state index in [0.29, 0.717) is 16.0 Å². The van der Waals surface area contributed by atoms with Gasteiger partial charge in [0.25, 0.3) is 11.2 Å². The fourth-order valence-electron chi connectivity index (χ4n) is 4.68. The Morgan fingerprint density at radius 3 is 2.31 bits per heavy atom. The number of methoxy groups -OCH3 is 1. The zero-order valence-electron chi connectivity index (χ0n) is 24.2. The number of carbonyl (C=O) groups is 1. The highest BCUT2D eigenvalue weighted by molar-refractivity contribution is 7.22. The van der Waals surface area contributed by atoms with E-state index in [0.717, 1.165) is 32.6 Å². The second-order valence-corrected chi connectivity index (χ2v) is 11.1. The summed E-state index contributed by atoms with van der Waals surface area (Å²) in [4.78, 5) is 57.1. The minimum atomic E-state index is -0.904. The normalized spacial score (nSPS) is 11.2. The lowest BCUT2D eigenvalue weighted by molar-refractivity contribution is -0.384. The number of esters is 1. The van der Waals surface area contributed by atoms with Crippen LogP contribution in [0.2, 0.25) is 0 Å². The fourth-order valence-corrected chi connectivity index (χ4v) is 5.98. The van der Waals surface area contributed by atoms with Crippen LogP contribution in [0.1, 0.15) is 11.1 Å². The summed E-state index contributed by atoms with van der Waals surface area (Å²) in [5.41, 5.74) is -1.09. The van der Waals surface area contributed by atoms with Crippen molar-refractivity contribution >= 4 is 33.2 Å². The molecule has 0 aliphatic carbocycles. The standard InChI is InChI=1S/C30H25F2N5O7S/c1-34(2)14-21-26-28(39)36(24-12-11-19(13-33-24)44-16-25(38)43-3)30(40)35(15-20-22(31)5-4-6-23(20)32)29(26)45-27(21)17-7-9-18(10-8-17)37(41)42/h4-13H,14-16H2,1-3H3. The lowest BCUT2D eigenvalue weighted by atomic mass is 10.1. The van der Waals surface area contributed by atoms with Crippen molar-refractivity contribution in [2.24, 2.45) is 0 Å². The van der Waals surface area contributed by atoms with Gasteiger partial charge in [0.05, 0.1) is 30.2 Å². The number of carbonyl (C=O) groups excluding carboxylic acids is 1. The van der Waals surface area contributed by atoms with Gasteiger partial charge in [-0.25, -0.2) is 27.9 Å². The van der Waals surface area contributed by atoms with E-state index in [1.165, 1.54) is 55.8 Å². The SMILES string of the molecule is COC(=O)COc1ccc(-n2c(=O)c3c(CN(C)C)c(-c4ccc([N+](=O)[O-])cc4)sc3n(Cc3c(F)cccc3F)c2=O)nc1. The first-order valence-corrected chi connectivity index (χ1v) is 14.1. The van der Waals surface area contributed by atoms with E-state index in [1.54, 1.807) is 19.0 Å². The molecule has 0 fully saturated rings. The Morgan fingerprint density at radius 1 is 1.04 bits per heavy atom. The Morgan fingerprint density at radius 2 is 1.73 bits per heavy atom. The van der Waals surface area contributed by atoms with Gasteiger partial charge in [0.1, 0.15) is 28.0 Å². The van der Waals surface area contributed by atoms with Crippen molar-refractivity contribution in [2.45, 2.75) is 13.1 Å². The molecule has 0 aliphatic heterocycles. The van der Waals surface area contributed by atoms with E-state index in [2.05, 4.69) is 9.72 Å². The second kappa shape index (κ2) is 12.8. The molecule has 3 aromatic heterocycles. The maximum absolute atomic E-state index is 14.9. The van der Waals surface area contributed by atoms with Crippen LogP contribution >= 0.6 is 11.3 Å². The molecular weight excluding hydrogens is 612 g/mol. The number of hydrogen-bond acceptors (Lipinski definition) is 10. The first-order valence-electron chi connectivity index (χ1n) is 13.3. The molecule has 0 aliphatic rings. The average Bonchev–Trinajstić information content (AvgIpc) is 3.38. The van der Waals surface area contributed by atoms with Gasteiger partial charge >= 0.3 is 11.7 Å². The monoisotopic (exact) mass is 637 g/mol. The maximum Gasteiger partial charge on any atom is 0.343 e. The van der Waals surface area contributed by atoms with Gasteiger partial charge in [0.2, 0.25) is 0 Å². The summed E-state index contributed by atoms with van der Waals surface area (Å²) in [7, 11) is 4.76. The molecule has 0 spiro atoms. The van der Waals surface area contributed by atoms with Gasteiger partial charge in [-0.3, -0.25) is 19.5 Å². The number of nitro groups is 1. The van der Waals surface area contributed by atoms with Crippen molar-refractivity contribution in [1.29, 1.82) is 0 Å². The van der Waals surface area contributed by atoms with Crippen LogP contribution in [-0.4, -0.2) is 57.7 Å². The second-order valence-electron chi connectivity index (χ2n) is 10.1. The molecule has 3 heterocycles. The molecular formula is C30H25F2N5O7S. The molecule has 45 heavy (non-hydrogen) atoms. The summed E-state index contributed by atoms with van der Waals surface area (Å²) in [6.07, 6.45) is 1.21. The highest BCUT2D eigenvalue weighted by atomic mass is 32.1. The molecule has 232 valence electrons. The Bertz CT molecular complexity index is 2020. The summed E-state index contributed by atoms with van der Waals surface area (Å²) in [5, 5.41) is 11.4. The number of pyridine rings is 1. The zero-order valence-corrected chi connectivity index (χ0v) is 25.0. The van der Waals surface area contributed by atoms with E-state index in [9.17, 15) is 33.3 Å². The largest absolute Gasteiger partial charge is 0.480 e. The topological polar surface area (TPSA) is 139 Å². The van der Waals surface area contributed by atoms with Crippen LogP contribution in [0.3, 0.4) is 0 Å². The summed E-state index contributed by atoms with van der Waals surface area (Å²) in [6, 6.07) is 11.8. The quantitative estimate of drug-likeness (QED) is 0.126. The molecule has 0 atom stereocenters. The van der Waals surface area contributed by atoms with Crippen molar-refractivity contribution < 1.29 is 28.0 Å². The van der Waals surface area contributed by atoms with Crippen LogP contribution in [0.25, 0.3) is 26.5 Å². The van der Waals surface area contributed by atoms with Crippen molar-refractivity contribution in [3.05, 3.63) is 115 Å². The molecule has 0 radical (unpaired) electrons. The van der Waals surface area contributed by atoms with Crippen LogP contribution in [0, 0.1) is 21.7 Å². The van der Waals surface area contributed by atoms with Crippen molar-refractivity contribution in [1.82, 2.24) is 19.0 Å². The van der Waals surface area contributed by atoms with Gasteiger partial charge < -0.3 is 14.4 Å². The third kappa shape index (κ3) is 6.21. The number of nitro benzene ring substituents is 1. The minimum absolute atomic E-state index is 0.0982. The first-order chi connectivity index (χ1) is 21.5. The van der Waals surface area contributed by atoms with Crippen LogP contribution in [0.15, 0.2) is 70.4 Å². The molecule has 2 aromatic carbocycles. The van der Waals surface area contributed by atoms with Gasteiger partial charge in [-0.15, -0.1) is 11.3 Å². The number of thiophene rings is 1. The van der Waals surface area contributed by atoms with Gasteiger partial charge in [-0.05, 0) is 61.6 Å². The number of rotatable bonds is 10. The average molecular weight is 638 g/mol. The maximum atomic E-state index is 14.9. The highest BCUT2D eigenvalue weighted by Gasteiger charge is 2.26. The lowest BCUT2D eigenvalue weighted by Gasteiger charge is -2.14. The summed E-state index contributed by atoms with van der Waals surface area (Å²) >= 11 is 1.06. The Kier molecular flexibility index (Phi) is 8.83. The number of aromatic nitrogens is 3. The van der Waals surface area contributed by atoms with Gasteiger partial charge in [0, 0.05) is 29.1 Å². The predicted octanol–water partition coefficient (Wildman–Crippen LogP) is 4.12. The molecule has 0 saturated heterocycles. The van der Waals surface area contributed by atoms with E-state index < -0.39 is 46.9 Å². The number of fused-ring (bicyclic) bond motifs is 1. The molecule has 5 aromatic rings. The molecule has 0 saturated carbocycles. The smallest absolute Gasteiger partial charge is 0.343 e. The molecule has 0 N–H and O–H groups in total. The van der Waals surface area contributed by atoms with E-state index in [-0.39, 0.29) is 39.6 Å². The van der Waals surface area contributed by atoms with Gasteiger partial charge in [0.15, 0.2) is 6.61 Å². The zero-order chi connectivity index (χ0) is 32.4. The van der Waals surface area contributed by atoms with Crippen molar-refractivity contribution in [2.75, 3.05) is 27.8 Å². The third-order valence-electron chi connectivity index (χ3n) is 6.80. The van der Waals surface area contributed by atoms with Crippen LogP contribution in [-0.2, 0) is 22.6 Å². The van der Waals surface area contributed by atoms with Crippen molar-refractivity contribution in [3.63, 3.8) is 0 Å². The van der Waals surface area contributed by atoms with Crippen LogP contribution in [0.4, 0.5) is 14.5 Å². The third-order valence-corrected chi connectivity index (χ3v) is 8.10. The Hall–Kier alpha value is -5.28. The number of nitrogens with zero attached hydrogens (tertiary/aromatic N) is 5. The van der Waals surface area contributed by atoms with E-state index in [4.69, 9.17) is 4.74 Å². The molecule has 15 heteroatoms. The highest BCUT2D eigenvalue weighted by Crippen LogP contribution is 2.38. The van der Waals surface area contributed by atoms with Gasteiger partial charge in [-0.2, -0.15) is 0 Å². The first kappa shape index (κ1) is 31.2. The fraction of sp³-hybridized carbons (Fsp3) is 0.200. The molecule has 0 bridgehead atoms. The Balaban J connectivity index is 1.78. The molecule has 5 rings (SSSR count). The number of benzene rings is 2. The van der Waals surface area contributed by atoms with E-state index in [1.807, 2.05) is 0 Å². The molecule has 0 amide bonds. The Labute approximate surface area is 257 Å². The number of halogens is 2. The lowest BCUT2D eigenvalue weighted by Crippen LogP contribution is -2.39. The van der Waals surface area contributed by atoms with E-state index >= 15 is 0 Å². The molecule has 0 unspecified atom stereocenters. The summed E-state index contributed by atoms with van der Waals surface area (Å²) in [6.45, 7) is -0.712. The summed E-state index contributed by atoms with van der Waals surface area (Å²) in [5.74, 6) is -2.31. The minimum Gasteiger partial charge on any atom is -0.480 e. The van der Waals surface area contributed by atoms with Crippen LogP contribution < -0.4 is 16.0 Å². The van der Waals surface area contributed by atoms with Crippen molar-refractivity contribution in [3.8, 4) is 22.0 Å². The number of hydrogen-bond donors (Lipinski definition) is 0.